The van der Waals surface area contributed by atoms with Gasteiger partial charge in [-0.05, 0) is 31.5 Å². The first-order chi connectivity index (χ1) is 6.89. The van der Waals surface area contributed by atoms with Crippen LogP contribution in [0.1, 0.15) is 19.4 Å². The number of amides is 1. The Bertz CT molecular complexity index is 358. The lowest BCUT2D eigenvalue weighted by Crippen LogP contribution is -2.36. The summed E-state index contributed by atoms with van der Waals surface area (Å²) < 4.78 is 0.506. The van der Waals surface area contributed by atoms with E-state index in [0.29, 0.717) is 6.54 Å². The predicted octanol–water partition coefficient (Wildman–Crippen LogP) is 3.24. The molecule has 0 atom stereocenters. The van der Waals surface area contributed by atoms with Gasteiger partial charge in [-0.25, -0.2) is 0 Å². The molecule has 0 aliphatic heterocycles. The number of rotatable bonds is 3. The molecule has 1 N–H and O–H groups in total. The van der Waals surface area contributed by atoms with Crippen molar-refractivity contribution in [1.82, 2.24) is 5.32 Å². The lowest BCUT2D eigenvalue weighted by atomic mass is 10.2. The normalized spacial score (nSPS) is 11.2. The van der Waals surface area contributed by atoms with Crippen molar-refractivity contribution in [2.75, 3.05) is 0 Å². The average Bonchev–Trinajstić information content (AvgIpc) is 2.12. The Morgan fingerprint density at radius 1 is 1.47 bits per heavy atom. The van der Waals surface area contributed by atoms with Crippen LogP contribution in [0.3, 0.4) is 0 Å². The molecule has 1 amide bonds. The molecule has 4 heteroatoms. The summed E-state index contributed by atoms with van der Waals surface area (Å²) >= 11 is 6.70. The van der Waals surface area contributed by atoms with E-state index in [9.17, 15) is 4.79 Å². The van der Waals surface area contributed by atoms with Gasteiger partial charge in [0.15, 0.2) is 0 Å². The Morgan fingerprint density at radius 2 is 2.13 bits per heavy atom. The smallest absolute Gasteiger partial charge is 0.236 e. The summed E-state index contributed by atoms with van der Waals surface area (Å²) in [6, 6.07) is 7.87. The Morgan fingerprint density at radius 3 is 2.67 bits per heavy atom. The molecule has 82 valence electrons. The fourth-order valence-corrected chi connectivity index (χ4v) is 1.63. The van der Waals surface area contributed by atoms with E-state index < -0.39 is 4.32 Å². The van der Waals surface area contributed by atoms with Crippen LogP contribution in [0.25, 0.3) is 0 Å². The zero-order valence-electron chi connectivity index (χ0n) is 8.68. The maximum absolute atomic E-state index is 11.6. The Balaban J connectivity index is 2.55. The van der Waals surface area contributed by atoms with E-state index >= 15 is 0 Å². The Hall–Kier alpha value is -0.350. The molecule has 0 radical (unpaired) electrons. The lowest BCUT2D eigenvalue weighted by Gasteiger charge is -2.15. The monoisotopic (exact) mass is 333 g/mol. The van der Waals surface area contributed by atoms with Crippen LogP contribution < -0.4 is 5.32 Å². The highest BCUT2D eigenvalue weighted by Crippen LogP contribution is 2.16. The number of hydrogen-bond donors (Lipinski definition) is 1. The first-order valence-corrected chi connectivity index (χ1v) is 6.20. The van der Waals surface area contributed by atoms with E-state index in [-0.39, 0.29) is 5.91 Å². The maximum atomic E-state index is 11.6. The van der Waals surface area contributed by atoms with E-state index in [1.807, 2.05) is 38.1 Å². The van der Waals surface area contributed by atoms with E-state index in [2.05, 4.69) is 37.2 Å². The summed E-state index contributed by atoms with van der Waals surface area (Å²) in [5.41, 5.74) is 1.08. The molecular weight excluding hydrogens is 322 g/mol. The number of benzene rings is 1. The van der Waals surface area contributed by atoms with Crippen LogP contribution in [-0.2, 0) is 11.3 Å². The summed E-state index contributed by atoms with van der Waals surface area (Å²) in [7, 11) is 0. The van der Waals surface area contributed by atoms with Gasteiger partial charge >= 0.3 is 0 Å². The highest BCUT2D eigenvalue weighted by molar-refractivity contribution is 9.10. The highest BCUT2D eigenvalue weighted by atomic mass is 79.9. The second-order valence-corrected chi connectivity index (χ2v) is 6.68. The Kier molecular flexibility index (Phi) is 4.34. The van der Waals surface area contributed by atoms with Gasteiger partial charge in [-0.2, -0.15) is 0 Å². The van der Waals surface area contributed by atoms with Crippen LogP contribution in [-0.4, -0.2) is 10.2 Å². The lowest BCUT2D eigenvalue weighted by molar-refractivity contribution is -0.122. The molecule has 0 fully saturated rings. The van der Waals surface area contributed by atoms with Gasteiger partial charge in [-0.15, -0.1) is 0 Å². The molecular formula is C11H13Br2NO. The number of hydrogen-bond acceptors (Lipinski definition) is 1. The minimum Gasteiger partial charge on any atom is -0.351 e. The fourth-order valence-electron chi connectivity index (χ4n) is 1.04. The number of carbonyl (C=O) groups is 1. The van der Waals surface area contributed by atoms with Gasteiger partial charge in [-0.3, -0.25) is 4.79 Å². The Labute approximate surface area is 107 Å². The zero-order chi connectivity index (χ0) is 11.5. The molecule has 0 saturated carbocycles. The summed E-state index contributed by atoms with van der Waals surface area (Å²) in [4.78, 5) is 11.6. The first-order valence-electron chi connectivity index (χ1n) is 4.61. The molecule has 0 aliphatic carbocycles. The molecule has 0 unspecified atom stereocenters. The predicted molar refractivity (Wildman–Crippen MR) is 69.0 cm³/mol. The second kappa shape index (κ2) is 5.12. The van der Waals surface area contributed by atoms with Crippen molar-refractivity contribution in [1.29, 1.82) is 0 Å². The van der Waals surface area contributed by atoms with Crippen molar-refractivity contribution >= 4 is 37.8 Å². The average molecular weight is 335 g/mol. The number of halogens is 2. The number of nitrogens with one attached hydrogen (secondary N) is 1. The minimum atomic E-state index is -0.515. The molecule has 0 aromatic heterocycles. The third-order valence-electron chi connectivity index (χ3n) is 1.88. The van der Waals surface area contributed by atoms with Gasteiger partial charge in [-0.1, -0.05) is 44.0 Å². The zero-order valence-corrected chi connectivity index (χ0v) is 11.9. The third kappa shape index (κ3) is 4.34. The van der Waals surface area contributed by atoms with Crippen molar-refractivity contribution in [3.8, 4) is 0 Å². The molecule has 0 spiro atoms. The summed E-state index contributed by atoms with van der Waals surface area (Å²) in [5, 5.41) is 2.86. The van der Waals surface area contributed by atoms with Crippen LogP contribution in [0.2, 0.25) is 0 Å². The topological polar surface area (TPSA) is 29.1 Å². The first kappa shape index (κ1) is 12.7. The van der Waals surface area contributed by atoms with Crippen LogP contribution in [0, 0.1) is 0 Å². The number of carbonyl (C=O) groups excluding carboxylic acids is 1. The molecule has 1 rings (SSSR count). The van der Waals surface area contributed by atoms with Crippen LogP contribution in [0.4, 0.5) is 0 Å². The van der Waals surface area contributed by atoms with Crippen molar-refractivity contribution < 1.29 is 4.79 Å². The van der Waals surface area contributed by atoms with Gasteiger partial charge in [0.2, 0.25) is 5.91 Å². The van der Waals surface area contributed by atoms with Crippen LogP contribution >= 0.6 is 31.9 Å². The van der Waals surface area contributed by atoms with E-state index in [1.165, 1.54) is 0 Å². The standard InChI is InChI=1S/C11H13Br2NO/c1-11(2,13)10(15)14-7-8-4-3-5-9(12)6-8/h3-6H,7H2,1-2H3,(H,14,15). The van der Waals surface area contributed by atoms with Crippen molar-refractivity contribution in [2.45, 2.75) is 24.7 Å². The largest absolute Gasteiger partial charge is 0.351 e. The quantitative estimate of drug-likeness (QED) is 0.845. The SMILES string of the molecule is CC(C)(Br)C(=O)NCc1cccc(Br)c1. The summed E-state index contributed by atoms with van der Waals surface area (Å²) in [5.74, 6) is -0.0116. The maximum Gasteiger partial charge on any atom is 0.236 e. The van der Waals surface area contributed by atoms with Gasteiger partial charge in [0, 0.05) is 11.0 Å². The molecule has 0 heterocycles. The van der Waals surface area contributed by atoms with E-state index in [1.54, 1.807) is 0 Å². The van der Waals surface area contributed by atoms with Gasteiger partial charge < -0.3 is 5.32 Å². The van der Waals surface area contributed by atoms with Gasteiger partial charge in [0.05, 0.1) is 4.32 Å². The van der Waals surface area contributed by atoms with Crippen LogP contribution in [0.15, 0.2) is 28.7 Å². The summed E-state index contributed by atoms with van der Waals surface area (Å²) in [6.07, 6.45) is 0. The second-order valence-electron chi connectivity index (χ2n) is 3.79. The molecule has 1 aromatic carbocycles. The molecule has 2 nitrogen and oxygen atoms in total. The van der Waals surface area contributed by atoms with Crippen molar-refractivity contribution in [3.05, 3.63) is 34.3 Å². The van der Waals surface area contributed by atoms with Crippen molar-refractivity contribution in [2.24, 2.45) is 0 Å². The van der Waals surface area contributed by atoms with Crippen LogP contribution in [0.5, 0.6) is 0 Å². The van der Waals surface area contributed by atoms with Gasteiger partial charge in [0.25, 0.3) is 0 Å². The summed E-state index contributed by atoms with van der Waals surface area (Å²) in [6.45, 7) is 4.19. The highest BCUT2D eigenvalue weighted by Gasteiger charge is 2.22. The molecule has 0 aliphatic rings. The van der Waals surface area contributed by atoms with Crippen molar-refractivity contribution in [3.63, 3.8) is 0 Å². The molecule has 0 saturated heterocycles. The van der Waals surface area contributed by atoms with E-state index in [0.717, 1.165) is 10.0 Å². The number of alkyl halides is 1. The molecule has 15 heavy (non-hydrogen) atoms. The van der Waals surface area contributed by atoms with E-state index in [4.69, 9.17) is 0 Å². The molecule has 0 bridgehead atoms. The van der Waals surface area contributed by atoms with Gasteiger partial charge in [0.1, 0.15) is 0 Å². The minimum absolute atomic E-state index is 0.0116. The third-order valence-corrected chi connectivity index (χ3v) is 2.74. The molecule has 1 aromatic rings. The fraction of sp³-hybridized carbons (Fsp3) is 0.364.